The summed E-state index contributed by atoms with van der Waals surface area (Å²) in [5.41, 5.74) is 0. The molecule has 0 aromatic heterocycles. The van der Waals surface area contributed by atoms with E-state index in [1.54, 1.807) is 11.8 Å². The topological polar surface area (TPSA) is 61.4 Å². The van der Waals surface area contributed by atoms with Gasteiger partial charge >= 0.3 is 0 Å². The van der Waals surface area contributed by atoms with Crippen LogP contribution >= 0.6 is 11.8 Å². The summed E-state index contributed by atoms with van der Waals surface area (Å²) < 4.78 is 0. The zero-order chi connectivity index (χ0) is 15.1. The highest BCUT2D eigenvalue weighted by Crippen LogP contribution is 2.17. The third-order valence-electron chi connectivity index (χ3n) is 4.33. The first kappa shape index (κ1) is 16.6. The van der Waals surface area contributed by atoms with Gasteiger partial charge < -0.3 is 15.5 Å². The van der Waals surface area contributed by atoms with Crippen LogP contribution in [0, 0.1) is 5.92 Å². The highest BCUT2D eigenvalue weighted by atomic mass is 32.2. The van der Waals surface area contributed by atoms with E-state index in [0.29, 0.717) is 18.9 Å². The average molecular weight is 313 g/mol. The smallest absolute Gasteiger partial charge is 0.237 e. The molecule has 120 valence electrons. The van der Waals surface area contributed by atoms with E-state index in [0.717, 1.165) is 51.1 Å². The van der Waals surface area contributed by atoms with Gasteiger partial charge in [-0.05, 0) is 44.4 Å². The van der Waals surface area contributed by atoms with Gasteiger partial charge in [-0.25, -0.2) is 0 Å². The lowest BCUT2D eigenvalue weighted by Gasteiger charge is -2.33. The van der Waals surface area contributed by atoms with E-state index < -0.39 is 0 Å². The standard InChI is InChI=1S/C15H27N3O2S/c1-21-9-6-14(19)18-8-3-4-12(11-18)10-17-15(20)13-5-2-7-16-13/h12-13,16H,2-11H2,1H3,(H,17,20). The van der Waals surface area contributed by atoms with Crippen molar-refractivity contribution in [3.63, 3.8) is 0 Å². The number of nitrogens with one attached hydrogen (secondary N) is 2. The quantitative estimate of drug-likeness (QED) is 0.763. The van der Waals surface area contributed by atoms with E-state index in [1.165, 1.54) is 0 Å². The molecule has 0 aliphatic carbocycles. The summed E-state index contributed by atoms with van der Waals surface area (Å²) in [6, 6.07) is -0.00657. The van der Waals surface area contributed by atoms with Crippen LogP contribution in [0.4, 0.5) is 0 Å². The maximum atomic E-state index is 12.1. The van der Waals surface area contributed by atoms with E-state index in [2.05, 4.69) is 10.6 Å². The SMILES string of the molecule is CSCCC(=O)N1CCCC(CNC(=O)C2CCCN2)C1. The molecule has 2 heterocycles. The Balaban J connectivity index is 1.70. The van der Waals surface area contributed by atoms with Crippen molar-refractivity contribution in [3.05, 3.63) is 0 Å². The summed E-state index contributed by atoms with van der Waals surface area (Å²) in [4.78, 5) is 26.0. The van der Waals surface area contributed by atoms with Crippen LogP contribution in [0.5, 0.6) is 0 Å². The lowest BCUT2D eigenvalue weighted by atomic mass is 9.97. The molecule has 2 aliphatic heterocycles. The molecule has 0 saturated carbocycles. The molecule has 2 atom stereocenters. The molecule has 21 heavy (non-hydrogen) atoms. The van der Waals surface area contributed by atoms with Gasteiger partial charge in [0, 0.05) is 31.8 Å². The highest BCUT2D eigenvalue weighted by molar-refractivity contribution is 7.98. The predicted molar refractivity (Wildman–Crippen MR) is 86.3 cm³/mol. The largest absolute Gasteiger partial charge is 0.354 e. The highest BCUT2D eigenvalue weighted by Gasteiger charge is 2.26. The van der Waals surface area contributed by atoms with E-state index in [-0.39, 0.29) is 17.9 Å². The first-order valence-corrected chi connectivity index (χ1v) is 9.38. The van der Waals surface area contributed by atoms with Gasteiger partial charge in [0.2, 0.25) is 11.8 Å². The third-order valence-corrected chi connectivity index (χ3v) is 4.95. The molecule has 2 amide bonds. The zero-order valence-electron chi connectivity index (χ0n) is 12.9. The first-order chi connectivity index (χ1) is 10.2. The number of carbonyl (C=O) groups excluding carboxylic acids is 2. The van der Waals surface area contributed by atoms with Gasteiger partial charge in [-0.2, -0.15) is 11.8 Å². The molecule has 5 nitrogen and oxygen atoms in total. The van der Waals surface area contributed by atoms with Crippen molar-refractivity contribution in [1.82, 2.24) is 15.5 Å². The minimum atomic E-state index is -0.00657. The van der Waals surface area contributed by atoms with Crippen molar-refractivity contribution in [1.29, 1.82) is 0 Å². The molecule has 0 aromatic rings. The van der Waals surface area contributed by atoms with Crippen molar-refractivity contribution in [2.45, 2.75) is 38.1 Å². The number of nitrogens with zero attached hydrogens (tertiary/aromatic N) is 1. The second-order valence-electron chi connectivity index (χ2n) is 5.98. The lowest BCUT2D eigenvalue weighted by molar-refractivity contribution is -0.132. The predicted octanol–water partition coefficient (Wildman–Crippen LogP) is 0.846. The number of piperidine rings is 1. The van der Waals surface area contributed by atoms with Crippen molar-refractivity contribution < 1.29 is 9.59 Å². The van der Waals surface area contributed by atoms with Crippen LogP contribution in [0.1, 0.15) is 32.1 Å². The Labute approximate surface area is 131 Å². The van der Waals surface area contributed by atoms with Gasteiger partial charge in [0.1, 0.15) is 0 Å². The average Bonchev–Trinajstić information content (AvgIpc) is 3.05. The number of rotatable bonds is 6. The second-order valence-corrected chi connectivity index (χ2v) is 6.97. The monoisotopic (exact) mass is 313 g/mol. The molecule has 2 unspecified atom stereocenters. The molecule has 0 spiro atoms. The number of amides is 2. The minimum Gasteiger partial charge on any atom is -0.354 e. The van der Waals surface area contributed by atoms with Gasteiger partial charge in [-0.1, -0.05) is 0 Å². The van der Waals surface area contributed by atoms with E-state index in [4.69, 9.17) is 0 Å². The maximum absolute atomic E-state index is 12.1. The Morgan fingerprint density at radius 2 is 2.19 bits per heavy atom. The normalized spacial score (nSPS) is 25.9. The summed E-state index contributed by atoms with van der Waals surface area (Å²) >= 11 is 1.71. The fraction of sp³-hybridized carbons (Fsp3) is 0.867. The molecule has 0 radical (unpaired) electrons. The maximum Gasteiger partial charge on any atom is 0.237 e. The van der Waals surface area contributed by atoms with Crippen LogP contribution in [-0.2, 0) is 9.59 Å². The van der Waals surface area contributed by atoms with E-state index in [1.807, 2.05) is 11.2 Å². The van der Waals surface area contributed by atoms with Crippen LogP contribution < -0.4 is 10.6 Å². The molecule has 2 rings (SSSR count). The van der Waals surface area contributed by atoms with Crippen molar-refractivity contribution in [2.75, 3.05) is 38.2 Å². The Hall–Kier alpha value is -0.750. The summed E-state index contributed by atoms with van der Waals surface area (Å²) in [5.74, 6) is 1.68. The Bertz CT molecular complexity index is 359. The summed E-state index contributed by atoms with van der Waals surface area (Å²) in [5, 5.41) is 6.27. The Morgan fingerprint density at radius 3 is 2.90 bits per heavy atom. The summed E-state index contributed by atoms with van der Waals surface area (Å²) in [6.45, 7) is 3.32. The molecule has 0 bridgehead atoms. The van der Waals surface area contributed by atoms with Gasteiger partial charge in [0.25, 0.3) is 0 Å². The lowest BCUT2D eigenvalue weighted by Crippen LogP contribution is -2.46. The van der Waals surface area contributed by atoms with Crippen LogP contribution in [0.25, 0.3) is 0 Å². The number of likely N-dealkylation sites (tertiary alicyclic amines) is 1. The fourth-order valence-electron chi connectivity index (χ4n) is 3.08. The van der Waals surface area contributed by atoms with Gasteiger partial charge in [0.15, 0.2) is 0 Å². The molecule has 6 heteroatoms. The van der Waals surface area contributed by atoms with Crippen LogP contribution in [0.3, 0.4) is 0 Å². The summed E-state index contributed by atoms with van der Waals surface area (Å²) in [7, 11) is 0. The molecular formula is C15H27N3O2S. The van der Waals surface area contributed by atoms with Crippen molar-refractivity contribution >= 4 is 23.6 Å². The molecule has 2 N–H and O–H groups in total. The van der Waals surface area contributed by atoms with E-state index in [9.17, 15) is 9.59 Å². The molecule has 2 saturated heterocycles. The van der Waals surface area contributed by atoms with E-state index >= 15 is 0 Å². The fourth-order valence-corrected chi connectivity index (χ4v) is 3.46. The number of thioether (sulfide) groups is 1. The summed E-state index contributed by atoms with van der Waals surface area (Å²) in [6.07, 6.45) is 6.83. The molecular weight excluding hydrogens is 286 g/mol. The zero-order valence-corrected chi connectivity index (χ0v) is 13.7. The van der Waals surface area contributed by atoms with Gasteiger partial charge in [-0.15, -0.1) is 0 Å². The van der Waals surface area contributed by atoms with Crippen molar-refractivity contribution in [3.8, 4) is 0 Å². The van der Waals surface area contributed by atoms with Crippen LogP contribution in [-0.4, -0.2) is 60.9 Å². The molecule has 2 aliphatic rings. The second kappa shape index (κ2) is 8.63. The number of carbonyl (C=O) groups is 2. The third kappa shape index (κ3) is 5.18. The minimum absolute atomic E-state index is 0.00657. The molecule has 2 fully saturated rings. The van der Waals surface area contributed by atoms with Gasteiger partial charge in [-0.3, -0.25) is 9.59 Å². The number of hydrogen-bond acceptors (Lipinski definition) is 4. The Kier molecular flexibility index (Phi) is 6.83. The molecule has 0 aromatic carbocycles. The number of hydrogen-bond donors (Lipinski definition) is 2. The van der Waals surface area contributed by atoms with Crippen molar-refractivity contribution in [2.24, 2.45) is 5.92 Å². The van der Waals surface area contributed by atoms with Crippen LogP contribution in [0.2, 0.25) is 0 Å². The van der Waals surface area contributed by atoms with Crippen LogP contribution in [0.15, 0.2) is 0 Å². The van der Waals surface area contributed by atoms with Gasteiger partial charge in [0.05, 0.1) is 6.04 Å². The first-order valence-electron chi connectivity index (χ1n) is 7.98. The Morgan fingerprint density at radius 1 is 1.33 bits per heavy atom.